The predicted octanol–water partition coefficient (Wildman–Crippen LogP) is 1.26. The van der Waals surface area contributed by atoms with Crippen molar-refractivity contribution in [3.63, 3.8) is 0 Å². The Morgan fingerprint density at radius 1 is 1.41 bits per heavy atom. The SMILES string of the molecule is CCC(N)(CC)CNC(=O)Cc1ccccn1. The van der Waals surface area contributed by atoms with Crippen molar-refractivity contribution in [3.8, 4) is 0 Å². The second kappa shape index (κ2) is 6.35. The van der Waals surface area contributed by atoms with Crippen LogP contribution < -0.4 is 11.1 Å². The number of amides is 1. The third-order valence-corrected chi connectivity index (χ3v) is 3.11. The molecule has 0 bridgehead atoms. The van der Waals surface area contributed by atoms with E-state index in [0.29, 0.717) is 13.0 Å². The van der Waals surface area contributed by atoms with Gasteiger partial charge in [0.1, 0.15) is 0 Å². The molecule has 4 nitrogen and oxygen atoms in total. The van der Waals surface area contributed by atoms with E-state index in [4.69, 9.17) is 5.73 Å². The van der Waals surface area contributed by atoms with Crippen molar-refractivity contribution in [3.05, 3.63) is 30.1 Å². The highest BCUT2D eigenvalue weighted by molar-refractivity contribution is 5.78. The molecule has 1 amide bonds. The molecule has 0 atom stereocenters. The zero-order valence-corrected chi connectivity index (χ0v) is 10.6. The molecular weight excluding hydrogens is 214 g/mol. The molecule has 0 spiro atoms. The number of rotatable bonds is 6. The molecule has 94 valence electrons. The second-order valence-electron chi connectivity index (χ2n) is 4.34. The topological polar surface area (TPSA) is 68.0 Å². The Morgan fingerprint density at radius 3 is 2.65 bits per heavy atom. The molecule has 0 aliphatic carbocycles. The summed E-state index contributed by atoms with van der Waals surface area (Å²) in [7, 11) is 0. The summed E-state index contributed by atoms with van der Waals surface area (Å²) in [6, 6.07) is 5.55. The van der Waals surface area contributed by atoms with Crippen molar-refractivity contribution in [2.24, 2.45) is 5.73 Å². The lowest BCUT2D eigenvalue weighted by Crippen LogP contribution is -2.49. The number of nitrogens with one attached hydrogen (secondary N) is 1. The van der Waals surface area contributed by atoms with Crippen LogP contribution in [-0.2, 0) is 11.2 Å². The summed E-state index contributed by atoms with van der Waals surface area (Å²) in [5.41, 5.74) is 6.59. The van der Waals surface area contributed by atoms with Crippen LogP contribution in [0.1, 0.15) is 32.4 Å². The van der Waals surface area contributed by atoms with Crippen molar-refractivity contribution in [2.75, 3.05) is 6.54 Å². The first kappa shape index (κ1) is 13.6. The van der Waals surface area contributed by atoms with Crippen molar-refractivity contribution in [1.82, 2.24) is 10.3 Å². The van der Waals surface area contributed by atoms with E-state index in [1.807, 2.05) is 32.0 Å². The summed E-state index contributed by atoms with van der Waals surface area (Å²) >= 11 is 0. The molecule has 1 aromatic heterocycles. The van der Waals surface area contributed by atoms with E-state index < -0.39 is 0 Å². The number of hydrogen-bond acceptors (Lipinski definition) is 3. The van der Waals surface area contributed by atoms with Crippen molar-refractivity contribution < 1.29 is 4.79 Å². The number of carbonyl (C=O) groups is 1. The summed E-state index contributed by atoms with van der Waals surface area (Å²) in [4.78, 5) is 15.8. The molecule has 1 aromatic rings. The molecule has 1 heterocycles. The molecule has 0 aliphatic heterocycles. The zero-order valence-electron chi connectivity index (χ0n) is 10.6. The maximum Gasteiger partial charge on any atom is 0.226 e. The largest absolute Gasteiger partial charge is 0.354 e. The van der Waals surface area contributed by atoms with Gasteiger partial charge in [-0.2, -0.15) is 0 Å². The fourth-order valence-corrected chi connectivity index (χ4v) is 1.50. The first-order valence-corrected chi connectivity index (χ1v) is 6.05. The maximum absolute atomic E-state index is 11.7. The van der Waals surface area contributed by atoms with Gasteiger partial charge in [0.25, 0.3) is 0 Å². The van der Waals surface area contributed by atoms with Crippen LogP contribution in [0.5, 0.6) is 0 Å². The second-order valence-corrected chi connectivity index (χ2v) is 4.34. The molecule has 0 radical (unpaired) electrons. The molecule has 1 rings (SSSR count). The third-order valence-electron chi connectivity index (χ3n) is 3.11. The molecule has 0 aromatic carbocycles. The van der Waals surface area contributed by atoms with Crippen molar-refractivity contribution >= 4 is 5.91 Å². The van der Waals surface area contributed by atoms with Crippen LogP contribution in [0.3, 0.4) is 0 Å². The van der Waals surface area contributed by atoms with Crippen LogP contribution in [0.2, 0.25) is 0 Å². The van der Waals surface area contributed by atoms with E-state index in [1.165, 1.54) is 0 Å². The minimum atomic E-state index is -0.292. The van der Waals surface area contributed by atoms with Gasteiger partial charge in [-0.1, -0.05) is 19.9 Å². The molecule has 4 heteroatoms. The summed E-state index contributed by atoms with van der Waals surface area (Å²) in [5, 5.41) is 2.87. The minimum absolute atomic E-state index is 0.0274. The Hall–Kier alpha value is -1.42. The Balaban J connectivity index is 2.41. The van der Waals surface area contributed by atoms with Crippen LogP contribution in [0, 0.1) is 0 Å². The number of nitrogens with zero attached hydrogens (tertiary/aromatic N) is 1. The molecule has 0 fully saturated rings. The van der Waals surface area contributed by atoms with E-state index in [-0.39, 0.29) is 11.4 Å². The van der Waals surface area contributed by atoms with E-state index in [1.54, 1.807) is 6.20 Å². The van der Waals surface area contributed by atoms with Crippen LogP contribution >= 0.6 is 0 Å². The summed E-state index contributed by atoms with van der Waals surface area (Å²) in [5.74, 6) is -0.0274. The lowest BCUT2D eigenvalue weighted by Gasteiger charge is -2.26. The van der Waals surface area contributed by atoms with Crippen LogP contribution in [0.15, 0.2) is 24.4 Å². The summed E-state index contributed by atoms with van der Waals surface area (Å²) in [6.45, 7) is 4.59. The highest BCUT2D eigenvalue weighted by Gasteiger charge is 2.20. The van der Waals surface area contributed by atoms with E-state index in [9.17, 15) is 4.79 Å². The maximum atomic E-state index is 11.7. The van der Waals surface area contributed by atoms with Gasteiger partial charge < -0.3 is 11.1 Å². The summed E-state index contributed by atoms with van der Waals surface area (Å²) in [6.07, 6.45) is 3.71. The molecule has 3 N–H and O–H groups in total. The van der Waals surface area contributed by atoms with Crippen LogP contribution in [0.4, 0.5) is 0 Å². The van der Waals surface area contributed by atoms with Gasteiger partial charge in [-0.25, -0.2) is 0 Å². The zero-order chi connectivity index (χ0) is 12.7. The molecular formula is C13H21N3O. The monoisotopic (exact) mass is 235 g/mol. The normalized spacial score (nSPS) is 11.2. The van der Waals surface area contributed by atoms with Crippen molar-refractivity contribution in [2.45, 2.75) is 38.6 Å². The molecule has 0 unspecified atom stereocenters. The number of nitrogens with two attached hydrogens (primary N) is 1. The van der Waals surface area contributed by atoms with Gasteiger partial charge >= 0.3 is 0 Å². The van der Waals surface area contributed by atoms with Crippen LogP contribution in [0.25, 0.3) is 0 Å². The minimum Gasteiger partial charge on any atom is -0.354 e. The predicted molar refractivity (Wildman–Crippen MR) is 68.5 cm³/mol. The fourth-order valence-electron chi connectivity index (χ4n) is 1.50. The Bertz CT molecular complexity index is 347. The number of hydrogen-bond donors (Lipinski definition) is 2. The quantitative estimate of drug-likeness (QED) is 0.780. The molecule has 0 saturated heterocycles. The van der Waals surface area contributed by atoms with Gasteiger partial charge in [-0.3, -0.25) is 9.78 Å². The Labute approximate surface area is 103 Å². The van der Waals surface area contributed by atoms with Gasteiger partial charge in [0.2, 0.25) is 5.91 Å². The van der Waals surface area contributed by atoms with Crippen LogP contribution in [-0.4, -0.2) is 23.0 Å². The lowest BCUT2D eigenvalue weighted by atomic mass is 9.94. The third kappa shape index (κ3) is 4.53. The highest BCUT2D eigenvalue weighted by Crippen LogP contribution is 2.09. The number of pyridine rings is 1. The van der Waals surface area contributed by atoms with E-state index in [2.05, 4.69) is 10.3 Å². The fraction of sp³-hybridized carbons (Fsp3) is 0.538. The first-order valence-electron chi connectivity index (χ1n) is 6.05. The van der Waals surface area contributed by atoms with Gasteiger partial charge in [0.05, 0.1) is 6.42 Å². The molecule has 0 aliphatic rings. The summed E-state index contributed by atoms with van der Waals surface area (Å²) < 4.78 is 0. The number of carbonyl (C=O) groups excluding carboxylic acids is 1. The number of aromatic nitrogens is 1. The van der Waals surface area contributed by atoms with Crippen molar-refractivity contribution in [1.29, 1.82) is 0 Å². The average molecular weight is 235 g/mol. The standard InChI is InChI=1S/C13H21N3O/c1-3-13(14,4-2)10-16-12(17)9-11-7-5-6-8-15-11/h5-8H,3-4,9-10,14H2,1-2H3,(H,16,17). The van der Waals surface area contributed by atoms with Gasteiger partial charge in [0, 0.05) is 24.0 Å². The lowest BCUT2D eigenvalue weighted by molar-refractivity contribution is -0.120. The van der Waals surface area contributed by atoms with E-state index in [0.717, 1.165) is 18.5 Å². The molecule has 0 saturated carbocycles. The van der Waals surface area contributed by atoms with Gasteiger partial charge in [0.15, 0.2) is 0 Å². The van der Waals surface area contributed by atoms with Gasteiger partial charge in [-0.15, -0.1) is 0 Å². The first-order chi connectivity index (χ1) is 8.09. The van der Waals surface area contributed by atoms with Gasteiger partial charge in [-0.05, 0) is 25.0 Å². The van der Waals surface area contributed by atoms with E-state index >= 15 is 0 Å². The molecule has 17 heavy (non-hydrogen) atoms. The Kier molecular flexibility index (Phi) is 5.10. The average Bonchev–Trinajstić information content (AvgIpc) is 2.37. The Morgan fingerprint density at radius 2 is 2.12 bits per heavy atom. The highest BCUT2D eigenvalue weighted by atomic mass is 16.1. The smallest absolute Gasteiger partial charge is 0.226 e.